The molecule has 2 N–H and O–H groups in total. The van der Waals surface area contributed by atoms with Crippen molar-refractivity contribution in [3.63, 3.8) is 0 Å². The second-order valence-electron chi connectivity index (χ2n) is 6.58. The van der Waals surface area contributed by atoms with Gasteiger partial charge in [-0.25, -0.2) is 0 Å². The van der Waals surface area contributed by atoms with E-state index in [9.17, 15) is 10.2 Å². The van der Waals surface area contributed by atoms with E-state index in [0.717, 1.165) is 12.8 Å². The minimum atomic E-state index is -0.645. The molecule has 2 rings (SSSR count). The zero-order valence-electron chi connectivity index (χ0n) is 10.4. The lowest BCUT2D eigenvalue weighted by Crippen LogP contribution is -2.48. The van der Waals surface area contributed by atoms with Crippen molar-refractivity contribution in [2.75, 3.05) is 0 Å². The number of aliphatic hydroxyl groups is 2. The number of rotatable bonds is 2. The predicted molar refractivity (Wildman–Crippen MR) is 60.5 cm³/mol. The van der Waals surface area contributed by atoms with Crippen molar-refractivity contribution in [3.05, 3.63) is 0 Å². The summed E-state index contributed by atoms with van der Waals surface area (Å²) in [6.45, 7) is 8.55. The van der Waals surface area contributed by atoms with Gasteiger partial charge in [0, 0.05) is 11.8 Å². The fourth-order valence-electron chi connectivity index (χ4n) is 4.22. The van der Waals surface area contributed by atoms with E-state index in [0.29, 0.717) is 12.3 Å². The van der Waals surface area contributed by atoms with Gasteiger partial charge in [-0.3, -0.25) is 0 Å². The molecule has 4 atom stereocenters. The Balaban J connectivity index is 2.32. The summed E-state index contributed by atoms with van der Waals surface area (Å²) < 4.78 is 0. The van der Waals surface area contributed by atoms with E-state index in [1.807, 2.05) is 0 Å². The molecule has 0 heterocycles. The molecule has 2 saturated carbocycles. The van der Waals surface area contributed by atoms with Crippen LogP contribution < -0.4 is 0 Å². The first-order valence-corrected chi connectivity index (χ1v) is 6.13. The van der Waals surface area contributed by atoms with Crippen LogP contribution in [0, 0.1) is 16.7 Å². The van der Waals surface area contributed by atoms with Crippen LogP contribution in [-0.4, -0.2) is 21.9 Å². The van der Waals surface area contributed by atoms with Gasteiger partial charge in [0.2, 0.25) is 0 Å². The third-order valence-corrected chi connectivity index (χ3v) is 5.68. The van der Waals surface area contributed by atoms with E-state index < -0.39 is 11.7 Å². The lowest BCUT2D eigenvalue weighted by atomic mass is 9.63. The fraction of sp³-hybridized carbons (Fsp3) is 1.00. The first-order chi connectivity index (χ1) is 6.73. The summed E-state index contributed by atoms with van der Waals surface area (Å²) in [6.07, 6.45) is 3.35. The molecular formula is C13H24O2. The van der Waals surface area contributed by atoms with Crippen molar-refractivity contribution in [2.24, 2.45) is 16.7 Å². The number of hydrogen-bond donors (Lipinski definition) is 2. The maximum absolute atomic E-state index is 10.8. The molecule has 2 nitrogen and oxygen atoms in total. The van der Waals surface area contributed by atoms with Crippen molar-refractivity contribution in [3.8, 4) is 0 Å². The van der Waals surface area contributed by atoms with Crippen molar-refractivity contribution < 1.29 is 10.2 Å². The summed E-state index contributed by atoms with van der Waals surface area (Å²) in [6, 6.07) is 0. The SMILES string of the molecule is C[C@@H](O)C[C@@]1(O)C[C@H]2CC[C@]1(C)C2(C)C. The third kappa shape index (κ3) is 1.24. The zero-order valence-corrected chi connectivity index (χ0v) is 10.4. The highest BCUT2D eigenvalue weighted by molar-refractivity contribution is 5.17. The van der Waals surface area contributed by atoms with Crippen LogP contribution in [-0.2, 0) is 0 Å². The normalized spacial score (nSPS) is 49.6. The molecule has 15 heavy (non-hydrogen) atoms. The smallest absolute Gasteiger partial charge is 0.0733 e. The molecule has 2 heteroatoms. The Kier molecular flexibility index (Phi) is 2.27. The Labute approximate surface area is 92.7 Å². The Morgan fingerprint density at radius 1 is 1.33 bits per heavy atom. The Bertz CT molecular complexity index is 272. The van der Waals surface area contributed by atoms with Crippen molar-refractivity contribution in [2.45, 2.75) is 65.1 Å². The molecule has 0 unspecified atom stereocenters. The molecule has 2 aliphatic rings. The maximum Gasteiger partial charge on any atom is 0.0733 e. The van der Waals surface area contributed by atoms with Gasteiger partial charge in [0.25, 0.3) is 0 Å². The van der Waals surface area contributed by atoms with E-state index >= 15 is 0 Å². The average Bonchev–Trinajstić information content (AvgIpc) is 2.34. The Hall–Kier alpha value is -0.0800. The van der Waals surface area contributed by atoms with Crippen LogP contribution in [0.1, 0.15) is 53.4 Å². The minimum absolute atomic E-state index is 0.0122. The second-order valence-corrected chi connectivity index (χ2v) is 6.58. The van der Waals surface area contributed by atoms with E-state index in [4.69, 9.17) is 0 Å². The summed E-state index contributed by atoms with van der Waals surface area (Å²) in [5.41, 5.74) is -0.439. The highest BCUT2D eigenvalue weighted by Gasteiger charge is 2.68. The molecule has 0 aromatic heterocycles. The van der Waals surface area contributed by atoms with E-state index in [1.54, 1.807) is 6.92 Å². The fourth-order valence-corrected chi connectivity index (χ4v) is 4.22. The van der Waals surface area contributed by atoms with Gasteiger partial charge in [-0.15, -0.1) is 0 Å². The van der Waals surface area contributed by atoms with Gasteiger partial charge in [0.15, 0.2) is 0 Å². The van der Waals surface area contributed by atoms with Gasteiger partial charge in [-0.05, 0) is 37.5 Å². The molecule has 0 saturated heterocycles. The third-order valence-electron chi connectivity index (χ3n) is 5.68. The minimum Gasteiger partial charge on any atom is -0.393 e. The van der Waals surface area contributed by atoms with Crippen LogP contribution >= 0.6 is 0 Å². The molecule has 88 valence electrons. The van der Waals surface area contributed by atoms with Crippen LogP contribution in [0.2, 0.25) is 0 Å². The van der Waals surface area contributed by atoms with E-state index in [1.165, 1.54) is 6.42 Å². The zero-order chi connectivity index (χ0) is 11.5. The quantitative estimate of drug-likeness (QED) is 0.737. The van der Waals surface area contributed by atoms with Crippen LogP contribution in [0.4, 0.5) is 0 Å². The Morgan fingerprint density at radius 3 is 2.27 bits per heavy atom. The topological polar surface area (TPSA) is 40.5 Å². The highest BCUT2D eigenvalue weighted by Crippen LogP contribution is 2.70. The van der Waals surface area contributed by atoms with Crippen LogP contribution in [0.3, 0.4) is 0 Å². The lowest BCUT2D eigenvalue weighted by molar-refractivity contribution is -0.112. The number of fused-ring (bicyclic) bond motifs is 2. The van der Waals surface area contributed by atoms with Gasteiger partial charge in [0.05, 0.1) is 11.7 Å². The molecule has 0 aromatic rings. The summed E-state index contributed by atoms with van der Waals surface area (Å²) in [7, 11) is 0. The summed E-state index contributed by atoms with van der Waals surface area (Å²) >= 11 is 0. The van der Waals surface area contributed by atoms with Gasteiger partial charge in [-0.1, -0.05) is 20.8 Å². The lowest BCUT2D eigenvalue weighted by Gasteiger charge is -2.46. The number of aliphatic hydroxyl groups excluding tert-OH is 1. The van der Waals surface area contributed by atoms with E-state index in [-0.39, 0.29) is 10.8 Å². The second kappa shape index (κ2) is 2.98. The standard InChI is InChI=1S/C13H24O2/c1-9(14)7-13(15)8-10-5-6-12(13,4)11(10,2)3/h9-10,14-15H,5-8H2,1-4H3/t9-,10-,12-,13-/m1/s1. The molecular weight excluding hydrogens is 188 g/mol. The largest absolute Gasteiger partial charge is 0.393 e. The molecule has 0 aromatic carbocycles. The first kappa shape index (κ1) is 11.4. The molecule has 0 radical (unpaired) electrons. The summed E-state index contributed by atoms with van der Waals surface area (Å²) in [5.74, 6) is 0.631. The monoisotopic (exact) mass is 212 g/mol. The average molecular weight is 212 g/mol. The summed E-state index contributed by atoms with van der Waals surface area (Å²) in [5, 5.41) is 20.3. The van der Waals surface area contributed by atoms with Crippen molar-refractivity contribution >= 4 is 0 Å². The van der Waals surface area contributed by atoms with Gasteiger partial charge < -0.3 is 10.2 Å². The summed E-state index contributed by atoms with van der Waals surface area (Å²) in [4.78, 5) is 0. The van der Waals surface area contributed by atoms with Crippen molar-refractivity contribution in [1.29, 1.82) is 0 Å². The van der Waals surface area contributed by atoms with Crippen LogP contribution in [0.15, 0.2) is 0 Å². The molecule has 0 aliphatic heterocycles. The first-order valence-electron chi connectivity index (χ1n) is 6.13. The van der Waals surface area contributed by atoms with Crippen molar-refractivity contribution in [1.82, 2.24) is 0 Å². The van der Waals surface area contributed by atoms with Crippen LogP contribution in [0.5, 0.6) is 0 Å². The van der Waals surface area contributed by atoms with Gasteiger partial charge in [0.1, 0.15) is 0 Å². The Morgan fingerprint density at radius 2 is 1.93 bits per heavy atom. The number of hydrogen-bond acceptors (Lipinski definition) is 2. The molecule has 2 aliphatic carbocycles. The molecule has 2 bridgehead atoms. The molecule has 0 spiro atoms. The highest BCUT2D eigenvalue weighted by atomic mass is 16.3. The van der Waals surface area contributed by atoms with Gasteiger partial charge in [-0.2, -0.15) is 0 Å². The molecule has 0 amide bonds. The van der Waals surface area contributed by atoms with E-state index in [2.05, 4.69) is 20.8 Å². The maximum atomic E-state index is 10.8. The van der Waals surface area contributed by atoms with Crippen LogP contribution in [0.25, 0.3) is 0 Å². The predicted octanol–water partition coefficient (Wildman–Crippen LogP) is 2.33. The van der Waals surface area contributed by atoms with Gasteiger partial charge >= 0.3 is 0 Å². The molecule has 2 fully saturated rings.